The first-order valence-electron chi connectivity index (χ1n) is 12.6. The van der Waals surface area contributed by atoms with E-state index in [0.717, 1.165) is 29.1 Å². The number of aromatic nitrogens is 1. The van der Waals surface area contributed by atoms with Gasteiger partial charge in [-0.25, -0.2) is 8.78 Å². The summed E-state index contributed by atoms with van der Waals surface area (Å²) < 4.78 is 28.0. The van der Waals surface area contributed by atoms with Crippen molar-refractivity contribution in [1.29, 1.82) is 5.26 Å². The van der Waals surface area contributed by atoms with E-state index < -0.39 is 35.0 Å². The van der Waals surface area contributed by atoms with Gasteiger partial charge >= 0.3 is 0 Å². The molecule has 1 fully saturated rings. The Morgan fingerprint density at radius 1 is 1.26 bits per heavy atom. The molecule has 2 aromatic carbocycles. The summed E-state index contributed by atoms with van der Waals surface area (Å²) in [5, 5.41) is 13.4. The number of hydrogen-bond donors (Lipinski definition) is 2. The van der Waals surface area contributed by atoms with Gasteiger partial charge in [0.2, 0.25) is 5.91 Å². The van der Waals surface area contributed by atoms with Crippen molar-refractivity contribution in [2.24, 2.45) is 5.92 Å². The Labute approximate surface area is 219 Å². The number of likely N-dealkylation sites (N-methyl/N-ethyl adjacent to an activating group) is 1. The van der Waals surface area contributed by atoms with Crippen LogP contribution in [-0.4, -0.2) is 52.3 Å². The predicted octanol–water partition coefficient (Wildman–Crippen LogP) is 4.93. The van der Waals surface area contributed by atoms with Gasteiger partial charge in [-0.2, -0.15) is 5.26 Å². The van der Waals surface area contributed by atoms with Gasteiger partial charge in [-0.3, -0.25) is 9.59 Å². The molecule has 0 bridgehead atoms. The molecule has 0 radical (unpaired) electrons. The number of H-pyrrole nitrogens is 1. The third kappa shape index (κ3) is 4.01. The summed E-state index contributed by atoms with van der Waals surface area (Å²) in [5.41, 5.74) is 2.26. The monoisotopic (exact) mass is 517 g/mol. The number of hydrogen-bond acceptors (Lipinski definition) is 4. The number of anilines is 1. The van der Waals surface area contributed by atoms with Crippen LogP contribution in [0, 0.1) is 28.9 Å². The number of nitriles is 1. The van der Waals surface area contributed by atoms with Gasteiger partial charge in [0, 0.05) is 36.4 Å². The molecule has 7 nitrogen and oxygen atoms in total. The van der Waals surface area contributed by atoms with Gasteiger partial charge in [-0.15, -0.1) is 0 Å². The molecular weight excluding hydrogens is 488 g/mol. The second-order valence-electron chi connectivity index (χ2n) is 10.6. The summed E-state index contributed by atoms with van der Waals surface area (Å²) in [6.07, 6.45) is 0.763. The van der Waals surface area contributed by atoms with Crippen molar-refractivity contribution in [3.8, 4) is 6.07 Å². The highest BCUT2D eigenvalue weighted by molar-refractivity contribution is 6.00. The fourth-order valence-electron chi connectivity index (χ4n) is 5.79. The molecular formula is C29H29F2N5O2. The van der Waals surface area contributed by atoms with Crippen LogP contribution in [0.2, 0.25) is 0 Å². The van der Waals surface area contributed by atoms with Gasteiger partial charge in [0.15, 0.2) is 0 Å². The third-order valence-corrected chi connectivity index (χ3v) is 7.75. The van der Waals surface area contributed by atoms with Gasteiger partial charge in [0.25, 0.3) is 5.91 Å². The lowest BCUT2D eigenvalue weighted by Gasteiger charge is -2.33. The summed E-state index contributed by atoms with van der Waals surface area (Å²) in [7, 11) is 1.52. The van der Waals surface area contributed by atoms with Gasteiger partial charge < -0.3 is 20.1 Å². The second-order valence-corrected chi connectivity index (χ2v) is 10.6. The topological polar surface area (TPSA) is 92.2 Å². The van der Waals surface area contributed by atoms with Crippen molar-refractivity contribution in [2.75, 3.05) is 18.9 Å². The number of carbonyl (C=O) groups excluding carboxylic acids is 2. The Balaban J connectivity index is 1.46. The van der Waals surface area contributed by atoms with E-state index in [1.54, 1.807) is 4.90 Å². The lowest BCUT2D eigenvalue weighted by Crippen LogP contribution is -2.51. The number of para-hydroxylation sites is 1. The maximum absolute atomic E-state index is 14.3. The highest BCUT2D eigenvalue weighted by atomic mass is 19.1. The van der Waals surface area contributed by atoms with Gasteiger partial charge in [-0.05, 0) is 42.5 Å². The van der Waals surface area contributed by atoms with Crippen LogP contribution in [0.3, 0.4) is 0 Å². The van der Waals surface area contributed by atoms with E-state index in [1.165, 1.54) is 18.0 Å². The quantitative estimate of drug-likeness (QED) is 0.502. The van der Waals surface area contributed by atoms with Crippen LogP contribution in [0.15, 0.2) is 54.7 Å². The highest BCUT2D eigenvalue weighted by Gasteiger charge is 2.53. The van der Waals surface area contributed by atoms with Crippen LogP contribution in [0.4, 0.5) is 14.5 Å². The highest BCUT2D eigenvalue weighted by Crippen LogP contribution is 2.50. The minimum atomic E-state index is -0.862. The van der Waals surface area contributed by atoms with Crippen molar-refractivity contribution >= 4 is 28.4 Å². The Morgan fingerprint density at radius 3 is 2.71 bits per heavy atom. The fourth-order valence-corrected chi connectivity index (χ4v) is 5.79. The lowest BCUT2D eigenvalue weighted by molar-refractivity contribution is -0.136. The zero-order valence-electron chi connectivity index (χ0n) is 21.5. The summed E-state index contributed by atoms with van der Waals surface area (Å²) in [6, 6.07) is 11.7. The molecule has 2 amide bonds. The first-order chi connectivity index (χ1) is 18.1. The number of aromatic amines is 1. The van der Waals surface area contributed by atoms with Crippen LogP contribution >= 0.6 is 0 Å². The van der Waals surface area contributed by atoms with Crippen molar-refractivity contribution < 1.29 is 18.4 Å². The van der Waals surface area contributed by atoms with Crippen molar-refractivity contribution in [1.82, 2.24) is 14.8 Å². The number of benzene rings is 2. The molecule has 196 valence electrons. The van der Waals surface area contributed by atoms with Crippen LogP contribution in [-0.2, 0) is 10.2 Å². The minimum absolute atomic E-state index is 0.0468. The van der Waals surface area contributed by atoms with Gasteiger partial charge in [0.05, 0.1) is 17.0 Å². The molecule has 38 heavy (non-hydrogen) atoms. The fraction of sp³-hybridized carbons (Fsp3) is 0.345. The van der Waals surface area contributed by atoms with E-state index in [4.69, 9.17) is 0 Å². The predicted molar refractivity (Wildman–Crippen MR) is 140 cm³/mol. The number of halogens is 2. The Bertz CT molecular complexity index is 1510. The maximum Gasteiger partial charge on any atom is 0.270 e. The molecule has 5 rings (SSSR count). The molecule has 0 saturated carbocycles. The molecule has 2 N–H and O–H groups in total. The second kappa shape index (κ2) is 9.28. The van der Waals surface area contributed by atoms with E-state index in [9.17, 15) is 23.6 Å². The Hall–Kier alpha value is -4.19. The van der Waals surface area contributed by atoms with E-state index in [2.05, 4.69) is 22.9 Å². The standard InChI is InChI=1S/C29H29F2N5O2/c1-16(2)9-26(35(4)27(37)25-12-20-22(31)10-18(30)11-24(20)34-25)28(38)36-15-29(13-19(36)14-32)17(3)33-23-8-6-5-7-21(23)29/h5-8,10-12,16,19,26,33-34H,3,9,13,15H2,1-2,4H3/t19-,26-,29+/m0/s1. The molecule has 0 unspecified atom stereocenters. The number of amides is 2. The normalized spacial score (nSPS) is 21.0. The van der Waals surface area contributed by atoms with E-state index >= 15 is 0 Å². The number of likely N-dealkylation sites (tertiary alicyclic amines) is 1. The molecule has 2 aliphatic heterocycles. The summed E-state index contributed by atoms with van der Waals surface area (Å²) >= 11 is 0. The Morgan fingerprint density at radius 2 is 2.00 bits per heavy atom. The zero-order valence-corrected chi connectivity index (χ0v) is 21.5. The molecule has 9 heteroatoms. The minimum Gasteiger partial charge on any atom is -0.358 e. The molecule has 3 atom stereocenters. The first kappa shape index (κ1) is 25.5. The SMILES string of the molecule is C=C1Nc2ccccc2[C@@]12C[C@@H](C#N)N(C(=O)[C@H](CC(C)C)N(C)C(=O)c1cc3c(F)cc(F)cc3[nH]1)C2. The molecule has 1 saturated heterocycles. The van der Waals surface area contributed by atoms with Crippen molar-refractivity contribution in [3.63, 3.8) is 0 Å². The van der Waals surface area contributed by atoms with Crippen LogP contribution in [0.5, 0.6) is 0 Å². The molecule has 2 aliphatic rings. The third-order valence-electron chi connectivity index (χ3n) is 7.75. The molecule has 0 aliphatic carbocycles. The summed E-state index contributed by atoms with van der Waals surface area (Å²) in [4.78, 5) is 33.2. The largest absolute Gasteiger partial charge is 0.358 e. The molecule has 1 spiro atoms. The molecule has 3 heterocycles. The van der Waals surface area contributed by atoms with Crippen LogP contribution < -0.4 is 5.32 Å². The maximum atomic E-state index is 14.3. The average Bonchev–Trinajstić information content (AvgIpc) is 3.56. The lowest BCUT2D eigenvalue weighted by atomic mass is 9.78. The number of fused-ring (bicyclic) bond motifs is 3. The van der Waals surface area contributed by atoms with Crippen molar-refractivity contribution in [3.05, 3.63) is 77.6 Å². The van der Waals surface area contributed by atoms with E-state index in [1.807, 2.05) is 38.1 Å². The smallest absolute Gasteiger partial charge is 0.270 e. The number of nitrogens with one attached hydrogen (secondary N) is 2. The van der Waals surface area contributed by atoms with Crippen LogP contribution in [0.1, 0.15) is 42.7 Å². The number of nitrogens with zero attached hydrogens (tertiary/aromatic N) is 3. The number of rotatable bonds is 5. The van der Waals surface area contributed by atoms with Gasteiger partial charge in [-0.1, -0.05) is 38.6 Å². The summed E-state index contributed by atoms with van der Waals surface area (Å²) in [6.45, 7) is 8.38. The van der Waals surface area contributed by atoms with E-state index in [-0.39, 0.29) is 35.0 Å². The first-order valence-corrected chi connectivity index (χ1v) is 12.6. The van der Waals surface area contributed by atoms with E-state index in [0.29, 0.717) is 12.8 Å². The molecule has 3 aromatic rings. The number of carbonyl (C=O) groups is 2. The van der Waals surface area contributed by atoms with Gasteiger partial charge in [0.1, 0.15) is 29.4 Å². The van der Waals surface area contributed by atoms with Crippen molar-refractivity contribution in [2.45, 2.75) is 44.2 Å². The van der Waals surface area contributed by atoms with Crippen LogP contribution in [0.25, 0.3) is 10.9 Å². The molecule has 1 aromatic heterocycles. The summed E-state index contributed by atoms with van der Waals surface area (Å²) in [5.74, 6) is -2.33. The zero-order chi connectivity index (χ0) is 27.4. The Kier molecular flexibility index (Phi) is 6.22. The average molecular weight is 518 g/mol.